The number of ether oxygens (including phenoxy) is 1. The van der Waals surface area contributed by atoms with E-state index in [9.17, 15) is 9.59 Å². The quantitative estimate of drug-likeness (QED) is 0.686. The zero-order valence-corrected chi connectivity index (χ0v) is 17.8. The summed E-state index contributed by atoms with van der Waals surface area (Å²) in [6, 6.07) is 10.4. The first-order valence-corrected chi connectivity index (χ1v) is 11.0. The van der Waals surface area contributed by atoms with Gasteiger partial charge in [0.2, 0.25) is 0 Å². The molecule has 4 heterocycles. The molecule has 1 amide bonds. The minimum atomic E-state index is -0.195. The van der Waals surface area contributed by atoms with E-state index in [2.05, 4.69) is 16.0 Å². The fraction of sp³-hybridized carbons (Fsp3) is 0.417. The van der Waals surface area contributed by atoms with Gasteiger partial charge in [0.1, 0.15) is 5.56 Å². The number of H-pyrrole nitrogens is 1. The second-order valence-corrected chi connectivity index (χ2v) is 8.49. The Morgan fingerprint density at radius 2 is 1.94 bits per heavy atom. The number of morpholine rings is 1. The van der Waals surface area contributed by atoms with Crippen molar-refractivity contribution in [1.82, 2.24) is 19.4 Å². The van der Waals surface area contributed by atoms with Crippen LogP contribution in [0.1, 0.15) is 21.5 Å². The number of carbonyl (C=O) groups excluding carboxylic acids is 1. The Kier molecular flexibility index (Phi) is 5.38. The molecule has 3 aromatic rings. The smallest absolute Gasteiger partial charge is 0.263 e. The summed E-state index contributed by atoms with van der Waals surface area (Å²) in [7, 11) is 0. The first-order valence-electron chi connectivity index (χ1n) is 11.0. The van der Waals surface area contributed by atoms with Gasteiger partial charge in [-0.3, -0.25) is 14.5 Å². The number of aromatic amines is 1. The van der Waals surface area contributed by atoms with Gasteiger partial charge in [0.05, 0.1) is 13.2 Å². The van der Waals surface area contributed by atoms with Gasteiger partial charge in [-0.05, 0) is 36.6 Å². The van der Waals surface area contributed by atoms with Crippen molar-refractivity contribution in [1.29, 1.82) is 0 Å². The Bertz CT molecular complexity index is 1150. The molecule has 2 saturated heterocycles. The molecule has 0 saturated carbocycles. The van der Waals surface area contributed by atoms with Crippen LogP contribution in [0.15, 0.2) is 47.5 Å². The average molecular weight is 421 g/mol. The second-order valence-electron chi connectivity index (χ2n) is 8.49. The molecule has 0 spiro atoms. The Labute approximate surface area is 181 Å². The highest BCUT2D eigenvalue weighted by Gasteiger charge is 2.37. The van der Waals surface area contributed by atoms with Gasteiger partial charge in [-0.15, -0.1) is 0 Å². The Morgan fingerprint density at radius 1 is 1.16 bits per heavy atom. The molecule has 2 fully saturated rings. The number of para-hydroxylation sites is 1. The van der Waals surface area contributed by atoms with E-state index in [0.29, 0.717) is 31.2 Å². The molecule has 2 aromatic heterocycles. The molecule has 0 aliphatic carbocycles. The summed E-state index contributed by atoms with van der Waals surface area (Å²) in [4.78, 5) is 33.7. The van der Waals surface area contributed by atoms with Gasteiger partial charge in [-0.1, -0.05) is 18.2 Å². The van der Waals surface area contributed by atoms with E-state index < -0.39 is 0 Å². The van der Waals surface area contributed by atoms with Crippen LogP contribution in [0, 0.1) is 6.92 Å². The third-order valence-electron chi connectivity index (χ3n) is 6.60. The fourth-order valence-corrected chi connectivity index (χ4v) is 4.63. The van der Waals surface area contributed by atoms with Crippen LogP contribution in [0.25, 0.3) is 10.9 Å². The summed E-state index contributed by atoms with van der Waals surface area (Å²) in [5.41, 5.74) is 3.12. The number of rotatable bonds is 5. The highest BCUT2D eigenvalue weighted by Crippen LogP contribution is 2.20. The molecule has 162 valence electrons. The van der Waals surface area contributed by atoms with Gasteiger partial charge in [0.15, 0.2) is 0 Å². The Hall–Kier alpha value is -2.90. The van der Waals surface area contributed by atoms with Gasteiger partial charge in [-0.2, -0.15) is 0 Å². The molecule has 2 aliphatic heterocycles. The summed E-state index contributed by atoms with van der Waals surface area (Å²) >= 11 is 0. The lowest BCUT2D eigenvalue weighted by atomic mass is 10.0. The normalized spacial score (nSPS) is 17.8. The Balaban J connectivity index is 1.29. The number of benzene rings is 1. The van der Waals surface area contributed by atoms with Crippen LogP contribution >= 0.6 is 0 Å². The number of likely N-dealkylation sites (tertiary alicyclic amines) is 1. The molecule has 7 nitrogen and oxygen atoms in total. The lowest BCUT2D eigenvalue weighted by Crippen LogP contribution is -2.63. The summed E-state index contributed by atoms with van der Waals surface area (Å²) in [6.07, 6.45) is 4.53. The molecule has 7 heteroatoms. The lowest BCUT2D eigenvalue weighted by molar-refractivity contribution is -0.0257. The van der Waals surface area contributed by atoms with E-state index in [4.69, 9.17) is 4.74 Å². The van der Waals surface area contributed by atoms with E-state index >= 15 is 0 Å². The van der Waals surface area contributed by atoms with E-state index in [1.807, 2.05) is 37.4 Å². The predicted molar refractivity (Wildman–Crippen MR) is 120 cm³/mol. The summed E-state index contributed by atoms with van der Waals surface area (Å²) in [5, 5.41) is 1.17. The van der Waals surface area contributed by atoms with Gasteiger partial charge in [0, 0.05) is 62.1 Å². The van der Waals surface area contributed by atoms with Crippen molar-refractivity contribution in [2.75, 3.05) is 39.4 Å². The van der Waals surface area contributed by atoms with Crippen LogP contribution in [-0.2, 0) is 17.7 Å². The molecule has 0 atom stereocenters. The van der Waals surface area contributed by atoms with E-state index in [-0.39, 0.29) is 11.5 Å². The van der Waals surface area contributed by atoms with Gasteiger partial charge in [-0.25, -0.2) is 0 Å². The minimum Gasteiger partial charge on any atom is -0.379 e. The van der Waals surface area contributed by atoms with Gasteiger partial charge >= 0.3 is 0 Å². The molecule has 2 aliphatic rings. The van der Waals surface area contributed by atoms with Crippen molar-refractivity contribution in [3.63, 3.8) is 0 Å². The van der Waals surface area contributed by atoms with Crippen LogP contribution in [0.5, 0.6) is 0 Å². The maximum Gasteiger partial charge on any atom is 0.263 e. The third-order valence-corrected chi connectivity index (χ3v) is 6.60. The first kappa shape index (κ1) is 20.0. The highest BCUT2D eigenvalue weighted by atomic mass is 16.5. The van der Waals surface area contributed by atoms with Crippen molar-refractivity contribution in [2.45, 2.75) is 25.9 Å². The van der Waals surface area contributed by atoms with Crippen LogP contribution < -0.4 is 5.56 Å². The van der Waals surface area contributed by atoms with Gasteiger partial charge in [0.25, 0.3) is 11.5 Å². The summed E-state index contributed by atoms with van der Waals surface area (Å²) < 4.78 is 7.08. The summed E-state index contributed by atoms with van der Waals surface area (Å²) in [5.74, 6) is -0.145. The molecular formula is C24H28N4O3. The minimum absolute atomic E-state index is 0.145. The number of aryl methyl sites for hydroxylation is 3. The molecule has 1 aromatic carbocycles. The molecule has 0 radical (unpaired) electrons. The number of hydrogen-bond donors (Lipinski definition) is 1. The van der Waals surface area contributed by atoms with Crippen LogP contribution in [-0.4, -0.2) is 70.7 Å². The number of carbonyl (C=O) groups is 1. The number of nitrogens with one attached hydrogen (secondary N) is 1. The number of hydrogen-bond acceptors (Lipinski definition) is 4. The molecular weight excluding hydrogens is 392 g/mol. The summed E-state index contributed by atoms with van der Waals surface area (Å²) in [6.45, 7) is 7.08. The lowest BCUT2D eigenvalue weighted by Gasteiger charge is -2.46. The van der Waals surface area contributed by atoms with Crippen LogP contribution in [0.3, 0.4) is 0 Å². The number of aromatic nitrogens is 2. The molecule has 5 rings (SSSR count). The van der Waals surface area contributed by atoms with Crippen molar-refractivity contribution < 1.29 is 9.53 Å². The zero-order valence-electron chi connectivity index (χ0n) is 17.8. The van der Waals surface area contributed by atoms with Crippen LogP contribution in [0.4, 0.5) is 0 Å². The number of fused-ring (bicyclic) bond motifs is 1. The van der Waals surface area contributed by atoms with Crippen LogP contribution in [0.2, 0.25) is 0 Å². The molecule has 0 bridgehead atoms. The topological polar surface area (TPSA) is 70.6 Å². The maximum absolute atomic E-state index is 13.2. The third kappa shape index (κ3) is 3.79. The van der Waals surface area contributed by atoms with Crippen molar-refractivity contribution in [3.8, 4) is 0 Å². The standard InChI is InChI=1S/C24H28N4O3/c1-17-6-8-27(9-7-18-14-25-21-5-3-2-4-20(18)21)23(29)22(17)24(30)28-15-19(16-28)26-10-12-31-13-11-26/h2-6,8,14,19,25H,7,9-13,15-16H2,1H3. The van der Waals surface area contributed by atoms with Crippen molar-refractivity contribution in [3.05, 3.63) is 69.8 Å². The molecule has 31 heavy (non-hydrogen) atoms. The maximum atomic E-state index is 13.2. The SMILES string of the molecule is Cc1ccn(CCc2c[nH]c3ccccc23)c(=O)c1C(=O)N1CC(N2CCOCC2)C1. The number of nitrogens with zero attached hydrogens (tertiary/aromatic N) is 3. The average Bonchev–Trinajstić information content (AvgIpc) is 3.16. The van der Waals surface area contributed by atoms with Crippen molar-refractivity contribution in [2.24, 2.45) is 0 Å². The van der Waals surface area contributed by atoms with E-state index in [0.717, 1.165) is 43.8 Å². The first-order chi connectivity index (χ1) is 15.1. The monoisotopic (exact) mass is 420 g/mol. The number of amides is 1. The van der Waals surface area contributed by atoms with Gasteiger partial charge < -0.3 is 19.2 Å². The Morgan fingerprint density at radius 3 is 2.74 bits per heavy atom. The predicted octanol–water partition coefficient (Wildman–Crippen LogP) is 2.04. The van der Waals surface area contributed by atoms with Crippen molar-refractivity contribution >= 4 is 16.8 Å². The fourth-order valence-electron chi connectivity index (χ4n) is 4.63. The van der Waals surface area contributed by atoms with E-state index in [1.54, 1.807) is 15.7 Å². The molecule has 0 unspecified atom stereocenters. The second kappa shape index (κ2) is 8.32. The molecule has 1 N–H and O–H groups in total. The number of pyridine rings is 1. The zero-order chi connectivity index (χ0) is 21.4. The van der Waals surface area contributed by atoms with E-state index in [1.165, 1.54) is 10.9 Å². The highest BCUT2D eigenvalue weighted by molar-refractivity contribution is 5.95. The largest absolute Gasteiger partial charge is 0.379 e.